The average molecular weight is 364 g/mol. The molecule has 2 aromatic carbocycles. The van der Waals surface area contributed by atoms with Crippen LogP contribution in [0.1, 0.15) is 23.5 Å². The van der Waals surface area contributed by atoms with E-state index in [0.717, 1.165) is 19.5 Å². The Hall–Kier alpha value is -2.17. The first kappa shape index (κ1) is 18.2. The third-order valence-corrected chi connectivity index (χ3v) is 6.32. The molecule has 1 N–H and O–H groups in total. The maximum Gasteiger partial charge on any atom is 0.226 e. The van der Waals surface area contributed by atoms with E-state index in [1.807, 2.05) is 12.1 Å². The van der Waals surface area contributed by atoms with Crippen molar-refractivity contribution in [2.45, 2.75) is 24.5 Å². The minimum atomic E-state index is -0.508. The molecule has 3 aliphatic heterocycles. The van der Waals surface area contributed by atoms with Gasteiger partial charge in [-0.25, -0.2) is 0 Å². The number of aliphatic hydroxyl groups is 1. The molecular formula is C23H28N2O2. The molecule has 0 aliphatic carbocycles. The minimum absolute atomic E-state index is 0.000220. The lowest BCUT2D eigenvalue weighted by molar-refractivity contribution is -0.154. The van der Waals surface area contributed by atoms with Crippen molar-refractivity contribution in [3.63, 3.8) is 0 Å². The van der Waals surface area contributed by atoms with Gasteiger partial charge < -0.3 is 10.0 Å². The molecule has 0 aromatic heterocycles. The van der Waals surface area contributed by atoms with E-state index in [4.69, 9.17) is 0 Å². The number of hydrogen-bond donors (Lipinski definition) is 1. The second-order valence-corrected chi connectivity index (χ2v) is 8.07. The van der Waals surface area contributed by atoms with Crippen molar-refractivity contribution in [2.75, 3.05) is 27.2 Å². The summed E-state index contributed by atoms with van der Waals surface area (Å²) in [6.07, 6.45) is 0.380. The first-order valence-corrected chi connectivity index (χ1v) is 9.81. The van der Waals surface area contributed by atoms with Gasteiger partial charge in [-0.1, -0.05) is 60.7 Å². The highest BCUT2D eigenvalue weighted by Crippen LogP contribution is 2.44. The van der Waals surface area contributed by atoms with Crippen molar-refractivity contribution in [2.24, 2.45) is 11.8 Å². The molecule has 1 amide bonds. The first-order chi connectivity index (χ1) is 13.1. The summed E-state index contributed by atoms with van der Waals surface area (Å²) in [6.45, 7) is 1.68. The van der Waals surface area contributed by atoms with Gasteiger partial charge in [0.25, 0.3) is 0 Å². The van der Waals surface area contributed by atoms with E-state index >= 15 is 0 Å². The van der Waals surface area contributed by atoms with E-state index in [-0.39, 0.29) is 29.7 Å². The van der Waals surface area contributed by atoms with Gasteiger partial charge in [0, 0.05) is 38.5 Å². The molecule has 4 nitrogen and oxygen atoms in total. The van der Waals surface area contributed by atoms with Gasteiger partial charge in [0.05, 0.1) is 12.0 Å². The smallest absolute Gasteiger partial charge is 0.226 e. The molecule has 3 heterocycles. The molecule has 1 unspecified atom stereocenters. The van der Waals surface area contributed by atoms with Crippen LogP contribution in [0.2, 0.25) is 0 Å². The van der Waals surface area contributed by atoms with Crippen LogP contribution in [0.5, 0.6) is 0 Å². The molecule has 2 aromatic rings. The zero-order chi connectivity index (χ0) is 19.0. The largest absolute Gasteiger partial charge is 0.391 e. The maximum absolute atomic E-state index is 12.6. The number of fused-ring (bicyclic) bond motifs is 3. The second-order valence-electron chi connectivity index (χ2n) is 8.07. The summed E-state index contributed by atoms with van der Waals surface area (Å²) in [6, 6.07) is 20.9. The van der Waals surface area contributed by atoms with E-state index < -0.39 is 6.10 Å². The Balaban J connectivity index is 1.71. The summed E-state index contributed by atoms with van der Waals surface area (Å²) in [5.74, 6) is 0.163. The van der Waals surface area contributed by atoms with Crippen LogP contribution in [0.25, 0.3) is 0 Å². The Kier molecular flexibility index (Phi) is 5.02. The lowest BCUT2D eigenvalue weighted by atomic mass is 9.67. The van der Waals surface area contributed by atoms with Gasteiger partial charge in [-0.05, 0) is 24.1 Å². The molecular weight excluding hydrogens is 336 g/mol. The molecule has 4 heteroatoms. The number of nitrogens with zero attached hydrogens (tertiary/aromatic N) is 2. The second kappa shape index (κ2) is 7.45. The van der Waals surface area contributed by atoms with Crippen LogP contribution < -0.4 is 0 Å². The quantitative estimate of drug-likeness (QED) is 0.907. The molecule has 27 heavy (non-hydrogen) atoms. The highest BCUT2D eigenvalue weighted by Gasteiger charge is 2.52. The summed E-state index contributed by atoms with van der Waals surface area (Å²) < 4.78 is 0. The van der Waals surface area contributed by atoms with Crippen molar-refractivity contribution < 1.29 is 9.90 Å². The molecule has 5 rings (SSSR count). The number of piperidine rings is 3. The average Bonchev–Trinajstić information content (AvgIpc) is 2.71. The molecule has 0 radical (unpaired) electrons. The Morgan fingerprint density at radius 1 is 1.04 bits per heavy atom. The third-order valence-electron chi connectivity index (χ3n) is 6.32. The summed E-state index contributed by atoms with van der Waals surface area (Å²) in [4.78, 5) is 16.7. The molecule has 5 atom stereocenters. The number of carbonyl (C=O) groups excluding carboxylic acids is 1. The number of benzene rings is 2. The number of rotatable bonds is 4. The zero-order valence-corrected chi connectivity index (χ0v) is 16.0. The first-order valence-electron chi connectivity index (χ1n) is 9.81. The van der Waals surface area contributed by atoms with E-state index in [0.29, 0.717) is 0 Å². The monoisotopic (exact) mass is 364 g/mol. The summed E-state index contributed by atoms with van der Waals surface area (Å²) in [5.41, 5.74) is 2.44. The minimum Gasteiger partial charge on any atom is -0.391 e. The molecule has 0 saturated carbocycles. The van der Waals surface area contributed by atoms with Crippen LogP contribution in [0, 0.1) is 11.8 Å². The van der Waals surface area contributed by atoms with Gasteiger partial charge >= 0.3 is 0 Å². The lowest BCUT2D eigenvalue weighted by Gasteiger charge is -2.55. The predicted molar refractivity (Wildman–Crippen MR) is 106 cm³/mol. The van der Waals surface area contributed by atoms with Crippen molar-refractivity contribution >= 4 is 5.91 Å². The van der Waals surface area contributed by atoms with Crippen LogP contribution >= 0.6 is 0 Å². The zero-order valence-electron chi connectivity index (χ0n) is 16.0. The summed E-state index contributed by atoms with van der Waals surface area (Å²) >= 11 is 0. The standard InChI is InChI=1S/C23H28N2O2/c1-24(2)23(27)19-15-25-14-13-18(19)22(26)21(25)20(16-9-5-3-6-10-16)17-11-7-4-8-12-17/h3-12,18-22,26H,13-15H2,1-2H3/t18-,19-,21+,22+/m1/s1. The third kappa shape index (κ3) is 3.28. The molecule has 0 spiro atoms. The Morgan fingerprint density at radius 3 is 2.07 bits per heavy atom. The van der Waals surface area contributed by atoms with Gasteiger partial charge in [-0.2, -0.15) is 0 Å². The Labute approximate surface area is 161 Å². The molecule has 3 fully saturated rings. The van der Waals surface area contributed by atoms with Crippen LogP contribution in [-0.4, -0.2) is 60.1 Å². The Morgan fingerprint density at radius 2 is 1.59 bits per heavy atom. The van der Waals surface area contributed by atoms with Crippen LogP contribution in [0.3, 0.4) is 0 Å². The maximum atomic E-state index is 12.6. The number of aliphatic hydroxyl groups excluding tert-OH is 1. The summed E-state index contributed by atoms with van der Waals surface area (Å²) in [5, 5.41) is 11.3. The van der Waals surface area contributed by atoms with E-state index in [2.05, 4.69) is 53.4 Å². The normalized spacial score (nSPS) is 29.7. The van der Waals surface area contributed by atoms with Gasteiger partial charge in [-0.15, -0.1) is 0 Å². The number of amides is 1. The topological polar surface area (TPSA) is 43.8 Å². The van der Waals surface area contributed by atoms with Gasteiger partial charge in [-0.3, -0.25) is 9.69 Å². The van der Waals surface area contributed by atoms with E-state index in [1.54, 1.807) is 19.0 Å². The van der Waals surface area contributed by atoms with Crippen molar-refractivity contribution in [3.05, 3.63) is 71.8 Å². The lowest BCUT2D eigenvalue weighted by Crippen LogP contribution is -2.65. The Bertz CT molecular complexity index is 736. The van der Waals surface area contributed by atoms with Gasteiger partial charge in [0.1, 0.15) is 0 Å². The van der Waals surface area contributed by atoms with Crippen LogP contribution in [-0.2, 0) is 4.79 Å². The van der Waals surface area contributed by atoms with Crippen LogP contribution in [0.4, 0.5) is 0 Å². The fourth-order valence-corrected chi connectivity index (χ4v) is 5.05. The molecule has 3 aliphatic rings. The molecule has 142 valence electrons. The number of carbonyl (C=O) groups is 1. The fourth-order valence-electron chi connectivity index (χ4n) is 5.05. The highest BCUT2D eigenvalue weighted by molar-refractivity contribution is 5.79. The molecule has 2 bridgehead atoms. The van der Waals surface area contributed by atoms with Gasteiger partial charge in [0.2, 0.25) is 5.91 Å². The van der Waals surface area contributed by atoms with E-state index in [1.165, 1.54) is 11.1 Å². The van der Waals surface area contributed by atoms with Crippen molar-refractivity contribution in [3.8, 4) is 0 Å². The molecule has 3 saturated heterocycles. The van der Waals surface area contributed by atoms with Crippen molar-refractivity contribution in [1.82, 2.24) is 9.80 Å². The van der Waals surface area contributed by atoms with Gasteiger partial charge in [0.15, 0.2) is 0 Å². The number of hydrogen-bond acceptors (Lipinski definition) is 3. The highest BCUT2D eigenvalue weighted by atomic mass is 16.3. The summed E-state index contributed by atoms with van der Waals surface area (Å²) in [7, 11) is 3.61. The predicted octanol–water partition coefficient (Wildman–Crippen LogP) is 2.59. The SMILES string of the molecule is CN(C)C(=O)[C@@H]1CN2CC[C@H]1[C@H](O)[C@@H]2C(c1ccccc1)c1ccccc1. The van der Waals surface area contributed by atoms with Crippen LogP contribution in [0.15, 0.2) is 60.7 Å². The fraction of sp³-hybridized carbons (Fsp3) is 0.435. The van der Waals surface area contributed by atoms with E-state index in [9.17, 15) is 9.90 Å². The van der Waals surface area contributed by atoms with Crippen molar-refractivity contribution in [1.29, 1.82) is 0 Å².